The Kier molecular flexibility index (Phi) is 6.35. The molecule has 2 atom stereocenters. The molecule has 2 bridgehead atoms. The van der Waals surface area contributed by atoms with Gasteiger partial charge in [0.15, 0.2) is 5.78 Å². The molecule has 0 unspecified atom stereocenters. The van der Waals surface area contributed by atoms with Crippen LogP contribution in [-0.2, 0) is 9.59 Å². The second-order valence-electron chi connectivity index (χ2n) is 11.1. The maximum absolute atomic E-state index is 14.4. The third-order valence-electron chi connectivity index (χ3n) is 8.91. The molecular formula is C34H25N3O7. The first kappa shape index (κ1) is 27.2. The van der Waals surface area contributed by atoms with Gasteiger partial charge >= 0.3 is 0 Å². The van der Waals surface area contributed by atoms with Crippen LogP contribution in [0.25, 0.3) is 0 Å². The van der Waals surface area contributed by atoms with Crippen molar-refractivity contribution in [2.75, 3.05) is 13.7 Å². The summed E-state index contributed by atoms with van der Waals surface area (Å²) >= 11 is 0. The molecule has 4 aliphatic rings. The monoisotopic (exact) mass is 587 g/mol. The first-order valence-corrected chi connectivity index (χ1v) is 14.1. The number of ether oxygens (including phenoxy) is 1. The van der Waals surface area contributed by atoms with Gasteiger partial charge in [0.2, 0.25) is 0 Å². The number of non-ortho nitro benzene ring substituents is 1. The minimum Gasteiger partial charge on any atom is -0.497 e. The molecule has 0 N–H and O–H groups in total. The van der Waals surface area contributed by atoms with Crippen molar-refractivity contribution >= 4 is 29.2 Å². The number of nitrogens with zero attached hydrogens (tertiary/aromatic N) is 3. The van der Waals surface area contributed by atoms with Crippen LogP contribution in [0.15, 0.2) is 97.1 Å². The van der Waals surface area contributed by atoms with E-state index in [1.165, 1.54) is 25.3 Å². The first-order valence-electron chi connectivity index (χ1n) is 14.1. The highest BCUT2D eigenvalue weighted by Crippen LogP contribution is 2.61. The minimum absolute atomic E-state index is 0.0148. The van der Waals surface area contributed by atoms with E-state index < -0.39 is 58.6 Å². The van der Waals surface area contributed by atoms with Crippen LogP contribution in [0.5, 0.6) is 5.75 Å². The summed E-state index contributed by atoms with van der Waals surface area (Å²) in [5.41, 5.74) is 3.87. The lowest BCUT2D eigenvalue weighted by molar-refractivity contribution is -0.384. The Morgan fingerprint density at radius 1 is 0.773 bits per heavy atom. The summed E-state index contributed by atoms with van der Waals surface area (Å²) in [5.74, 6) is -4.36. The number of carbonyl (C=O) groups is 4. The van der Waals surface area contributed by atoms with Gasteiger partial charge in [-0.3, -0.25) is 29.3 Å². The molecule has 0 aromatic heterocycles. The van der Waals surface area contributed by atoms with Crippen molar-refractivity contribution in [2.45, 2.75) is 11.8 Å². The Bertz CT molecular complexity index is 1770. The van der Waals surface area contributed by atoms with Gasteiger partial charge in [-0.1, -0.05) is 60.7 Å². The number of hydrogen-bond donors (Lipinski definition) is 0. The number of imide groups is 1. The summed E-state index contributed by atoms with van der Waals surface area (Å²) in [6.07, 6.45) is 0. The molecule has 1 heterocycles. The number of nitro groups is 1. The van der Waals surface area contributed by atoms with E-state index in [-0.39, 0.29) is 16.8 Å². The molecule has 10 nitrogen and oxygen atoms in total. The highest BCUT2D eigenvalue weighted by Gasteiger charge is 2.63. The summed E-state index contributed by atoms with van der Waals surface area (Å²) in [4.78, 5) is 67.1. The van der Waals surface area contributed by atoms with E-state index in [2.05, 4.69) is 0 Å². The van der Waals surface area contributed by atoms with Crippen LogP contribution >= 0.6 is 0 Å². The van der Waals surface area contributed by atoms with Crippen LogP contribution < -0.4 is 4.74 Å². The van der Waals surface area contributed by atoms with Gasteiger partial charge < -0.3 is 4.74 Å². The molecule has 3 amide bonds. The third-order valence-corrected chi connectivity index (χ3v) is 8.91. The summed E-state index contributed by atoms with van der Waals surface area (Å²) < 4.78 is 5.24. The normalized spacial score (nSPS) is 20.9. The van der Waals surface area contributed by atoms with Crippen molar-refractivity contribution < 1.29 is 28.8 Å². The van der Waals surface area contributed by atoms with Crippen LogP contribution in [0.3, 0.4) is 0 Å². The number of ketones is 1. The minimum atomic E-state index is -0.807. The van der Waals surface area contributed by atoms with Crippen LogP contribution in [0, 0.1) is 22.0 Å². The van der Waals surface area contributed by atoms with E-state index in [9.17, 15) is 29.3 Å². The van der Waals surface area contributed by atoms with Crippen LogP contribution in [0.2, 0.25) is 0 Å². The fourth-order valence-electron chi connectivity index (χ4n) is 7.03. The molecule has 1 fully saturated rings. The molecule has 8 rings (SSSR count). The van der Waals surface area contributed by atoms with Gasteiger partial charge in [0.25, 0.3) is 23.4 Å². The van der Waals surface area contributed by atoms with Gasteiger partial charge in [-0.15, -0.1) is 0 Å². The number of nitro benzene ring substituents is 1. The quantitative estimate of drug-likeness (QED) is 0.132. The van der Waals surface area contributed by atoms with Crippen LogP contribution in [-0.4, -0.2) is 52.1 Å². The van der Waals surface area contributed by atoms with Gasteiger partial charge in [0.05, 0.1) is 23.9 Å². The number of Topliss-reactive ketones (excluding diaryl/α,β-unsaturated/α-hetero) is 1. The molecule has 44 heavy (non-hydrogen) atoms. The average molecular weight is 588 g/mol. The first-order chi connectivity index (χ1) is 21.3. The van der Waals surface area contributed by atoms with Crippen molar-refractivity contribution in [3.63, 3.8) is 0 Å². The van der Waals surface area contributed by atoms with Gasteiger partial charge in [0.1, 0.15) is 12.3 Å². The van der Waals surface area contributed by atoms with Crippen molar-refractivity contribution in [3.05, 3.63) is 141 Å². The number of amides is 3. The van der Waals surface area contributed by atoms with Crippen molar-refractivity contribution in [2.24, 2.45) is 11.8 Å². The molecule has 4 aromatic rings. The Hall–Kier alpha value is -5.64. The molecule has 0 radical (unpaired) electrons. The molecule has 1 saturated heterocycles. The van der Waals surface area contributed by atoms with Gasteiger partial charge in [-0.25, -0.2) is 5.01 Å². The summed E-state index contributed by atoms with van der Waals surface area (Å²) in [6, 6.07) is 26.7. The zero-order valence-electron chi connectivity index (χ0n) is 23.5. The zero-order chi connectivity index (χ0) is 30.7. The topological polar surface area (TPSA) is 127 Å². The molecular weight excluding hydrogens is 562 g/mol. The van der Waals surface area contributed by atoms with Crippen molar-refractivity contribution in [1.29, 1.82) is 0 Å². The number of benzene rings is 4. The SMILES string of the molecule is COc1cccc(C(=O)CN(C(=O)c2ccc([N+](=O)[O-])cc2)N2C(=O)[C@H]3C4c5ccccc5C(c5ccccc54)[C@@H]3C2=O)c1. The lowest BCUT2D eigenvalue weighted by atomic mass is 9.55. The number of hydrazine groups is 1. The second kappa shape index (κ2) is 10.3. The number of methoxy groups -OCH3 is 1. The fourth-order valence-corrected chi connectivity index (χ4v) is 7.03. The molecule has 10 heteroatoms. The van der Waals surface area contributed by atoms with E-state index in [4.69, 9.17) is 4.74 Å². The molecule has 0 spiro atoms. The highest BCUT2D eigenvalue weighted by molar-refractivity contribution is 6.11. The predicted molar refractivity (Wildman–Crippen MR) is 157 cm³/mol. The molecule has 4 aromatic carbocycles. The smallest absolute Gasteiger partial charge is 0.273 e. The Morgan fingerprint density at radius 2 is 1.30 bits per heavy atom. The van der Waals surface area contributed by atoms with Gasteiger partial charge in [-0.05, 0) is 46.5 Å². The highest BCUT2D eigenvalue weighted by atomic mass is 16.6. The lowest BCUT2D eigenvalue weighted by Crippen LogP contribution is -2.52. The number of rotatable bonds is 7. The molecule has 1 aliphatic heterocycles. The van der Waals surface area contributed by atoms with Crippen molar-refractivity contribution in [3.8, 4) is 5.75 Å². The third kappa shape index (κ3) is 4.02. The van der Waals surface area contributed by atoms with E-state index in [1.807, 2.05) is 48.5 Å². The van der Waals surface area contributed by atoms with Crippen molar-refractivity contribution in [1.82, 2.24) is 10.0 Å². The number of carbonyl (C=O) groups excluding carboxylic acids is 4. The van der Waals surface area contributed by atoms with E-state index in [1.54, 1.807) is 18.2 Å². The lowest BCUT2D eigenvalue weighted by Gasteiger charge is -2.45. The Balaban J connectivity index is 1.32. The van der Waals surface area contributed by atoms with Crippen LogP contribution in [0.4, 0.5) is 5.69 Å². The summed E-state index contributed by atoms with van der Waals surface area (Å²) in [6.45, 7) is -0.616. The standard InChI is InChI=1S/C34H25N3O7/c1-44-22-8-6-7-20(17-22)27(38)18-35(32(39)19-13-15-21(16-14-19)37(42)43)36-33(40)30-28-23-9-2-3-10-24(23)29(31(30)34(36)41)26-12-5-4-11-25(26)28/h2-17,28-31H,18H2,1H3/t28?,29?,30-,31-/m0/s1. The second-order valence-corrected chi connectivity index (χ2v) is 11.1. The van der Waals surface area contributed by atoms with E-state index >= 15 is 0 Å². The summed E-state index contributed by atoms with van der Waals surface area (Å²) in [5, 5.41) is 13.0. The predicted octanol–water partition coefficient (Wildman–Crippen LogP) is 4.74. The maximum atomic E-state index is 14.4. The Morgan fingerprint density at radius 3 is 1.77 bits per heavy atom. The summed E-state index contributed by atoms with van der Waals surface area (Å²) in [7, 11) is 1.46. The maximum Gasteiger partial charge on any atom is 0.273 e. The van der Waals surface area contributed by atoms with Crippen LogP contribution in [0.1, 0.15) is 54.8 Å². The molecule has 0 saturated carbocycles. The van der Waals surface area contributed by atoms with E-state index in [0.29, 0.717) is 5.75 Å². The fraction of sp³-hybridized carbons (Fsp3) is 0.176. The zero-order valence-corrected chi connectivity index (χ0v) is 23.5. The number of hydrogen-bond acceptors (Lipinski definition) is 7. The van der Waals surface area contributed by atoms with Gasteiger partial charge in [0, 0.05) is 35.1 Å². The average Bonchev–Trinajstić information content (AvgIpc) is 3.32. The molecule has 3 aliphatic carbocycles. The van der Waals surface area contributed by atoms with E-state index in [0.717, 1.165) is 44.4 Å². The largest absolute Gasteiger partial charge is 0.497 e. The van der Waals surface area contributed by atoms with Gasteiger partial charge in [-0.2, -0.15) is 5.01 Å². The Labute approximate surface area is 251 Å². The molecule has 218 valence electrons.